The number of aliphatic hydroxyl groups is 1. The predicted octanol–water partition coefficient (Wildman–Crippen LogP) is 2.36. The highest BCUT2D eigenvalue weighted by atomic mass is 16.5. The average molecular weight is 279 g/mol. The third-order valence-electron chi connectivity index (χ3n) is 3.73. The first kappa shape index (κ1) is 15.1. The van der Waals surface area contributed by atoms with Crippen LogP contribution in [-0.4, -0.2) is 37.5 Å². The molecule has 1 aliphatic carbocycles. The van der Waals surface area contributed by atoms with Crippen molar-refractivity contribution in [1.29, 1.82) is 0 Å². The molecule has 1 fully saturated rings. The number of methoxy groups -OCH3 is 1. The minimum absolute atomic E-state index is 0.298. The first-order chi connectivity index (χ1) is 9.78. The lowest BCUT2D eigenvalue weighted by Crippen LogP contribution is -2.38. The Balaban J connectivity index is 1.67. The van der Waals surface area contributed by atoms with Gasteiger partial charge in [0.2, 0.25) is 0 Å². The van der Waals surface area contributed by atoms with Gasteiger partial charge in [-0.3, -0.25) is 0 Å². The molecule has 20 heavy (non-hydrogen) atoms. The first-order valence-corrected chi connectivity index (χ1v) is 7.46. The lowest BCUT2D eigenvalue weighted by Gasteiger charge is -2.24. The van der Waals surface area contributed by atoms with Crippen molar-refractivity contribution in [2.24, 2.45) is 0 Å². The summed E-state index contributed by atoms with van der Waals surface area (Å²) in [7, 11) is 1.63. The van der Waals surface area contributed by atoms with Crippen LogP contribution in [0.3, 0.4) is 0 Å². The van der Waals surface area contributed by atoms with Crippen LogP contribution in [0.5, 0.6) is 11.5 Å². The minimum atomic E-state index is -0.483. The molecule has 0 heterocycles. The van der Waals surface area contributed by atoms with Crippen molar-refractivity contribution < 1.29 is 14.6 Å². The molecule has 1 aromatic rings. The van der Waals surface area contributed by atoms with Crippen molar-refractivity contribution in [1.82, 2.24) is 5.32 Å². The molecule has 4 nitrogen and oxygen atoms in total. The fraction of sp³-hybridized carbons (Fsp3) is 0.625. The second-order valence-electron chi connectivity index (χ2n) is 5.39. The van der Waals surface area contributed by atoms with E-state index >= 15 is 0 Å². The number of nitrogens with one attached hydrogen (secondary N) is 1. The van der Waals surface area contributed by atoms with Crippen LogP contribution in [0.25, 0.3) is 0 Å². The minimum Gasteiger partial charge on any atom is -0.497 e. The van der Waals surface area contributed by atoms with Gasteiger partial charge in [-0.25, -0.2) is 0 Å². The van der Waals surface area contributed by atoms with Crippen LogP contribution in [0.1, 0.15) is 32.1 Å². The molecular formula is C16H25NO3. The van der Waals surface area contributed by atoms with Crippen LogP contribution in [0, 0.1) is 0 Å². The fourth-order valence-corrected chi connectivity index (χ4v) is 2.55. The maximum absolute atomic E-state index is 9.95. The predicted molar refractivity (Wildman–Crippen MR) is 79.4 cm³/mol. The van der Waals surface area contributed by atoms with Crippen LogP contribution in [0.4, 0.5) is 0 Å². The van der Waals surface area contributed by atoms with E-state index in [1.54, 1.807) is 7.11 Å². The monoisotopic (exact) mass is 279 g/mol. The Morgan fingerprint density at radius 2 is 2.00 bits per heavy atom. The Bertz CT molecular complexity index is 391. The lowest BCUT2D eigenvalue weighted by molar-refractivity contribution is 0.102. The molecule has 1 atom stereocenters. The highest BCUT2D eigenvalue weighted by Crippen LogP contribution is 2.19. The Labute approximate surface area is 121 Å². The summed E-state index contributed by atoms with van der Waals surface area (Å²) in [5.74, 6) is 1.48. The number of aliphatic hydroxyl groups excluding tert-OH is 1. The van der Waals surface area contributed by atoms with Crippen molar-refractivity contribution in [3.8, 4) is 11.5 Å². The summed E-state index contributed by atoms with van der Waals surface area (Å²) in [5.41, 5.74) is 0. The van der Waals surface area contributed by atoms with Crippen molar-refractivity contribution in [3.05, 3.63) is 24.3 Å². The maximum Gasteiger partial charge on any atom is 0.123 e. The van der Waals surface area contributed by atoms with Crippen LogP contribution < -0.4 is 14.8 Å². The molecule has 2 N–H and O–H groups in total. The molecule has 1 aromatic carbocycles. The lowest BCUT2D eigenvalue weighted by atomic mass is 9.95. The molecule has 1 unspecified atom stereocenters. The molecule has 2 rings (SSSR count). The van der Waals surface area contributed by atoms with E-state index in [1.807, 2.05) is 24.3 Å². The number of benzene rings is 1. The summed E-state index contributed by atoms with van der Waals surface area (Å²) >= 11 is 0. The molecule has 0 radical (unpaired) electrons. The molecular weight excluding hydrogens is 254 g/mol. The van der Waals surface area contributed by atoms with Gasteiger partial charge in [-0.2, -0.15) is 0 Å². The largest absolute Gasteiger partial charge is 0.497 e. The molecule has 0 spiro atoms. The number of hydrogen-bond donors (Lipinski definition) is 2. The summed E-state index contributed by atoms with van der Waals surface area (Å²) in [6.45, 7) is 0.890. The van der Waals surface area contributed by atoms with Crippen LogP contribution in [0.15, 0.2) is 24.3 Å². The first-order valence-electron chi connectivity index (χ1n) is 7.46. The van der Waals surface area contributed by atoms with Gasteiger partial charge >= 0.3 is 0 Å². The van der Waals surface area contributed by atoms with Crippen molar-refractivity contribution in [2.45, 2.75) is 44.2 Å². The standard InChI is InChI=1S/C16H25NO3/c1-19-15-8-5-9-16(10-15)20-12-14(18)11-17-13-6-3-2-4-7-13/h5,8-10,13-14,17-18H,2-4,6-7,11-12H2,1H3. The fourth-order valence-electron chi connectivity index (χ4n) is 2.55. The second-order valence-corrected chi connectivity index (χ2v) is 5.39. The quantitative estimate of drug-likeness (QED) is 0.804. The van der Waals surface area contributed by atoms with E-state index in [4.69, 9.17) is 9.47 Å². The van der Waals surface area contributed by atoms with Gasteiger partial charge < -0.3 is 19.9 Å². The Morgan fingerprint density at radius 1 is 1.25 bits per heavy atom. The van der Waals surface area contributed by atoms with Crippen molar-refractivity contribution in [2.75, 3.05) is 20.3 Å². The maximum atomic E-state index is 9.95. The van der Waals surface area contributed by atoms with Gasteiger partial charge in [-0.05, 0) is 25.0 Å². The van der Waals surface area contributed by atoms with Crippen LogP contribution in [-0.2, 0) is 0 Å². The van der Waals surface area contributed by atoms with Gasteiger partial charge in [0.25, 0.3) is 0 Å². The van der Waals surface area contributed by atoms with E-state index in [9.17, 15) is 5.11 Å². The Morgan fingerprint density at radius 3 is 2.75 bits per heavy atom. The molecule has 0 bridgehead atoms. The zero-order valence-corrected chi connectivity index (χ0v) is 12.2. The third kappa shape index (κ3) is 5.02. The van der Waals surface area contributed by atoms with Crippen LogP contribution in [0.2, 0.25) is 0 Å². The van der Waals surface area contributed by atoms with Gasteiger partial charge in [0, 0.05) is 18.7 Å². The van der Waals surface area contributed by atoms with Crippen LogP contribution >= 0.6 is 0 Å². The number of hydrogen-bond acceptors (Lipinski definition) is 4. The van der Waals surface area contributed by atoms with Crippen molar-refractivity contribution >= 4 is 0 Å². The van der Waals surface area contributed by atoms with E-state index in [0.29, 0.717) is 19.2 Å². The SMILES string of the molecule is COc1cccc(OCC(O)CNC2CCCCC2)c1. The molecule has 0 aliphatic heterocycles. The van der Waals surface area contributed by atoms with E-state index in [2.05, 4.69) is 5.32 Å². The highest BCUT2D eigenvalue weighted by Gasteiger charge is 2.14. The molecule has 112 valence electrons. The number of rotatable bonds is 7. The Kier molecular flexibility index (Phi) is 6.15. The molecule has 0 saturated heterocycles. The van der Waals surface area contributed by atoms with E-state index < -0.39 is 6.10 Å². The van der Waals surface area contributed by atoms with E-state index in [0.717, 1.165) is 11.5 Å². The molecule has 1 aliphatic rings. The average Bonchev–Trinajstić information content (AvgIpc) is 2.52. The summed E-state index contributed by atoms with van der Waals surface area (Å²) in [4.78, 5) is 0. The zero-order chi connectivity index (χ0) is 14.2. The van der Waals surface area contributed by atoms with Crippen molar-refractivity contribution in [3.63, 3.8) is 0 Å². The zero-order valence-electron chi connectivity index (χ0n) is 12.2. The molecule has 1 saturated carbocycles. The van der Waals surface area contributed by atoms with E-state index in [1.165, 1.54) is 32.1 Å². The molecule has 4 heteroatoms. The van der Waals surface area contributed by atoms with Gasteiger partial charge in [-0.1, -0.05) is 25.3 Å². The molecule has 0 aromatic heterocycles. The topological polar surface area (TPSA) is 50.7 Å². The number of ether oxygens (including phenoxy) is 2. The van der Waals surface area contributed by atoms with Gasteiger partial charge in [0.1, 0.15) is 24.2 Å². The van der Waals surface area contributed by atoms with Gasteiger partial charge in [0.15, 0.2) is 0 Å². The summed E-state index contributed by atoms with van der Waals surface area (Å²) < 4.78 is 10.7. The Hall–Kier alpha value is -1.26. The summed E-state index contributed by atoms with van der Waals surface area (Å²) in [6, 6.07) is 8.00. The third-order valence-corrected chi connectivity index (χ3v) is 3.73. The summed E-state index contributed by atoms with van der Waals surface area (Å²) in [5, 5.41) is 13.4. The van der Waals surface area contributed by atoms with Gasteiger partial charge in [0.05, 0.1) is 7.11 Å². The molecule has 0 amide bonds. The summed E-state index contributed by atoms with van der Waals surface area (Å²) in [6.07, 6.45) is 5.91. The van der Waals surface area contributed by atoms with Gasteiger partial charge in [-0.15, -0.1) is 0 Å². The highest BCUT2D eigenvalue weighted by molar-refractivity contribution is 5.32. The van der Waals surface area contributed by atoms with E-state index in [-0.39, 0.29) is 0 Å². The normalized spacial score (nSPS) is 17.7. The second kappa shape index (κ2) is 8.12. The smallest absolute Gasteiger partial charge is 0.123 e.